The minimum absolute atomic E-state index is 0.293. The maximum absolute atomic E-state index is 14.7. The van der Waals surface area contributed by atoms with E-state index in [1.165, 1.54) is 42.5 Å². The third-order valence-electron chi connectivity index (χ3n) is 5.03. The van der Waals surface area contributed by atoms with Crippen molar-refractivity contribution >= 4 is 29.2 Å². The molecule has 33 heavy (non-hydrogen) atoms. The van der Waals surface area contributed by atoms with Crippen LogP contribution in [0.25, 0.3) is 0 Å². The molecule has 0 spiro atoms. The fourth-order valence-electron chi connectivity index (χ4n) is 3.59. The molecule has 2 aromatic rings. The van der Waals surface area contributed by atoms with E-state index in [-0.39, 0.29) is 17.1 Å². The van der Waals surface area contributed by atoms with E-state index in [1.807, 2.05) is 34.6 Å². The Morgan fingerprint density at radius 2 is 2.24 bits per heavy atom. The number of amides is 1. The Labute approximate surface area is 201 Å². The zero-order valence-electron chi connectivity index (χ0n) is 19.5. The second-order valence-corrected chi connectivity index (χ2v) is 11.3. The van der Waals surface area contributed by atoms with Crippen LogP contribution < -0.4 is 4.74 Å². The molecule has 0 bridgehead atoms. The highest BCUT2D eigenvalue weighted by atomic mass is 32.2. The first-order valence-corrected chi connectivity index (χ1v) is 12.2. The molecule has 0 N–H and O–H groups in total. The van der Waals surface area contributed by atoms with Gasteiger partial charge in [0, 0.05) is 22.4 Å². The standard InChI is InChI=1S/C23H28FN3O4S2/c1-22(2,3)31-21(28)27-15(13-30-23(27,4)5)9-18(20-16(24)7-8-32-20)33-17-10-19(29-6)26-12-14(17)11-25/h7-8,10,12,15,18H,9,13H2,1-6H3/t15-,18-/m0/s1. The molecule has 1 amide bonds. The second-order valence-electron chi connectivity index (χ2n) is 9.07. The number of nitriles is 1. The van der Waals surface area contributed by atoms with E-state index in [2.05, 4.69) is 11.1 Å². The molecule has 0 radical (unpaired) electrons. The van der Waals surface area contributed by atoms with Gasteiger partial charge < -0.3 is 14.2 Å². The van der Waals surface area contributed by atoms with Crippen LogP contribution in [0.4, 0.5) is 9.18 Å². The molecule has 3 rings (SSSR count). The van der Waals surface area contributed by atoms with Gasteiger partial charge in [0.15, 0.2) is 0 Å². The van der Waals surface area contributed by atoms with Crippen molar-refractivity contribution in [3.05, 3.63) is 40.0 Å². The highest BCUT2D eigenvalue weighted by Gasteiger charge is 2.46. The van der Waals surface area contributed by atoms with E-state index in [4.69, 9.17) is 14.2 Å². The number of thioether (sulfide) groups is 1. The number of aromatic nitrogens is 1. The molecule has 1 aliphatic heterocycles. The minimum atomic E-state index is -0.867. The van der Waals surface area contributed by atoms with Crippen molar-refractivity contribution in [1.82, 2.24) is 9.88 Å². The second kappa shape index (κ2) is 9.87. The molecule has 2 aromatic heterocycles. The first-order valence-electron chi connectivity index (χ1n) is 10.4. The molecule has 0 saturated carbocycles. The van der Waals surface area contributed by atoms with Gasteiger partial charge in [-0.15, -0.1) is 23.1 Å². The fourth-order valence-corrected chi connectivity index (χ4v) is 5.91. The SMILES string of the molecule is COc1cc(S[C@@H](C[C@H]2COC(C)(C)N2C(=O)OC(C)(C)C)c2sccc2F)c(C#N)cn1. The number of halogens is 1. The van der Waals surface area contributed by atoms with Crippen LogP contribution in [0.3, 0.4) is 0 Å². The van der Waals surface area contributed by atoms with Crippen molar-refractivity contribution in [2.45, 2.75) is 68.6 Å². The summed E-state index contributed by atoms with van der Waals surface area (Å²) in [5.41, 5.74) is -1.16. The first-order chi connectivity index (χ1) is 15.4. The van der Waals surface area contributed by atoms with Crippen molar-refractivity contribution in [2.75, 3.05) is 13.7 Å². The van der Waals surface area contributed by atoms with Gasteiger partial charge in [-0.3, -0.25) is 4.90 Å². The van der Waals surface area contributed by atoms with Crippen molar-refractivity contribution in [3.8, 4) is 11.9 Å². The normalized spacial score (nSPS) is 18.6. The van der Waals surface area contributed by atoms with Gasteiger partial charge in [0.25, 0.3) is 0 Å². The van der Waals surface area contributed by atoms with Crippen LogP contribution in [0.2, 0.25) is 0 Å². The number of rotatable bonds is 6. The topological polar surface area (TPSA) is 84.7 Å². The Balaban J connectivity index is 1.94. The Bertz CT molecular complexity index is 1050. The van der Waals surface area contributed by atoms with E-state index < -0.39 is 17.4 Å². The number of pyridine rings is 1. The third-order valence-corrected chi connectivity index (χ3v) is 7.49. The summed E-state index contributed by atoms with van der Waals surface area (Å²) in [5.74, 6) is 0.0432. The summed E-state index contributed by atoms with van der Waals surface area (Å²) in [6.45, 7) is 9.34. The molecule has 0 aliphatic carbocycles. The van der Waals surface area contributed by atoms with E-state index in [1.54, 1.807) is 16.3 Å². The molecule has 3 heterocycles. The van der Waals surface area contributed by atoms with Crippen LogP contribution in [0.1, 0.15) is 56.7 Å². The van der Waals surface area contributed by atoms with Crippen molar-refractivity contribution in [3.63, 3.8) is 0 Å². The summed E-state index contributed by atoms with van der Waals surface area (Å²) in [6.07, 6.45) is 1.37. The van der Waals surface area contributed by atoms with E-state index in [9.17, 15) is 14.4 Å². The van der Waals surface area contributed by atoms with Gasteiger partial charge in [0.2, 0.25) is 5.88 Å². The lowest BCUT2D eigenvalue weighted by molar-refractivity contribution is -0.0626. The lowest BCUT2D eigenvalue weighted by atomic mass is 10.1. The number of hydrogen-bond acceptors (Lipinski definition) is 8. The number of ether oxygens (including phenoxy) is 3. The molecule has 1 aliphatic rings. The van der Waals surface area contributed by atoms with Crippen LogP contribution in [0.15, 0.2) is 28.6 Å². The molecular weight excluding hydrogens is 465 g/mol. The van der Waals surface area contributed by atoms with Crippen LogP contribution in [-0.2, 0) is 9.47 Å². The number of carbonyl (C=O) groups is 1. The summed E-state index contributed by atoms with van der Waals surface area (Å²) in [5, 5.41) is 10.9. The molecule has 0 aromatic carbocycles. The van der Waals surface area contributed by atoms with Gasteiger partial charge in [-0.05, 0) is 52.5 Å². The quantitative estimate of drug-likeness (QED) is 0.473. The zero-order valence-corrected chi connectivity index (χ0v) is 21.2. The lowest BCUT2D eigenvalue weighted by Crippen LogP contribution is -2.50. The predicted octanol–water partition coefficient (Wildman–Crippen LogP) is 5.76. The van der Waals surface area contributed by atoms with Crippen molar-refractivity contribution < 1.29 is 23.4 Å². The average molecular weight is 494 g/mol. The molecule has 1 fully saturated rings. The smallest absolute Gasteiger partial charge is 0.412 e. The van der Waals surface area contributed by atoms with E-state index >= 15 is 0 Å². The Hall–Kier alpha value is -2.35. The number of nitrogens with zero attached hydrogens (tertiary/aromatic N) is 3. The summed E-state index contributed by atoms with van der Waals surface area (Å²) < 4.78 is 31.5. The van der Waals surface area contributed by atoms with Gasteiger partial charge in [0.1, 0.15) is 23.2 Å². The number of hydrogen-bond donors (Lipinski definition) is 0. The van der Waals surface area contributed by atoms with Gasteiger partial charge in [0.05, 0.1) is 30.2 Å². The van der Waals surface area contributed by atoms with Crippen LogP contribution in [-0.4, -0.2) is 47.1 Å². The minimum Gasteiger partial charge on any atom is -0.481 e. The maximum atomic E-state index is 14.7. The average Bonchev–Trinajstić information content (AvgIpc) is 3.28. The molecule has 1 saturated heterocycles. The molecular formula is C23H28FN3O4S2. The summed E-state index contributed by atoms with van der Waals surface area (Å²) in [6, 6.07) is 4.88. The van der Waals surface area contributed by atoms with Crippen LogP contribution in [0.5, 0.6) is 5.88 Å². The molecule has 10 heteroatoms. The Morgan fingerprint density at radius 1 is 1.52 bits per heavy atom. The van der Waals surface area contributed by atoms with E-state index in [0.717, 1.165) is 0 Å². The van der Waals surface area contributed by atoms with Gasteiger partial charge >= 0.3 is 6.09 Å². The van der Waals surface area contributed by atoms with Crippen LogP contribution >= 0.6 is 23.1 Å². The summed E-state index contributed by atoms with van der Waals surface area (Å²) in [7, 11) is 1.50. The molecule has 2 atom stereocenters. The molecule has 0 unspecified atom stereocenters. The molecule has 7 nitrogen and oxygen atoms in total. The maximum Gasteiger partial charge on any atom is 0.412 e. The number of thiophene rings is 1. The van der Waals surface area contributed by atoms with Gasteiger partial charge in [-0.2, -0.15) is 5.26 Å². The fraction of sp³-hybridized carbons (Fsp3) is 0.522. The highest BCUT2D eigenvalue weighted by Crippen LogP contribution is 2.46. The largest absolute Gasteiger partial charge is 0.481 e. The van der Waals surface area contributed by atoms with Crippen molar-refractivity contribution in [1.29, 1.82) is 5.26 Å². The number of methoxy groups -OCH3 is 1. The number of carbonyl (C=O) groups excluding carboxylic acids is 1. The molecule has 178 valence electrons. The summed E-state index contributed by atoms with van der Waals surface area (Å²) >= 11 is 2.65. The third kappa shape index (κ3) is 5.96. The Kier molecular flexibility index (Phi) is 7.56. The predicted molar refractivity (Wildman–Crippen MR) is 125 cm³/mol. The Morgan fingerprint density at radius 3 is 2.82 bits per heavy atom. The lowest BCUT2D eigenvalue weighted by Gasteiger charge is -2.36. The van der Waals surface area contributed by atoms with E-state index in [0.29, 0.717) is 34.2 Å². The summed E-state index contributed by atoms with van der Waals surface area (Å²) in [4.78, 5) is 19.9. The first kappa shape index (κ1) is 25.3. The highest BCUT2D eigenvalue weighted by molar-refractivity contribution is 7.99. The van der Waals surface area contributed by atoms with Crippen molar-refractivity contribution in [2.24, 2.45) is 0 Å². The zero-order chi connectivity index (χ0) is 24.4. The van der Waals surface area contributed by atoms with Crippen LogP contribution in [0, 0.1) is 17.1 Å². The van der Waals surface area contributed by atoms with Gasteiger partial charge in [-0.1, -0.05) is 0 Å². The monoisotopic (exact) mass is 493 g/mol. The van der Waals surface area contributed by atoms with Gasteiger partial charge in [-0.25, -0.2) is 14.2 Å².